The van der Waals surface area contributed by atoms with Crippen molar-refractivity contribution < 1.29 is 88.9 Å². The SMILES string of the molecule is COc1cc(N=Nc2cc(OCCCS(=O)(=O)O)c(N=Nc3c(C)c(C#N)c4nc5ccccc5n4c3O)cc2OC)c(SCCCS(=O)(=O)O)cc1N=Nc1nc2c(S(=O)(=O)O)cc3c(OC)c(S(=O)(=O)O)c(S(=O)(=O)O)cc3c2s1. The predicted octanol–water partition coefficient (Wildman–Crippen LogP) is 9.17. The van der Waals surface area contributed by atoms with Gasteiger partial charge >= 0.3 is 0 Å². The monoisotopic (exact) mass is 1260 g/mol. The highest BCUT2D eigenvalue weighted by atomic mass is 32.2. The first-order valence-electron chi connectivity index (χ1n) is 22.7. The topological polar surface area (TPSA) is 457 Å². The average molecular weight is 1270 g/mol. The number of methoxy groups -OCH3 is 3. The van der Waals surface area contributed by atoms with E-state index in [0.717, 1.165) is 18.9 Å². The quantitative estimate of drug-likeness (QED) is 0.0159. The number of pyridine rings is 1. The summed E-state index contributed by atoms with van der Waals surface area (Å²) >= 11 is 1.55. The molecule has 0 aliphatic carbocycles. The van der Waals surface area contributed by atoms with Crippen LogP contribution < -0.4 is 18.9 Å². The zero-order valence-corrected chi connectivity index (χ0v) is 48.0. The molecule has 0 aliphatic heterocycles. The van der Waals surface area contributed by atoms with E-state index in [1.807, 2.05) is 0 Å². The minimum absolute atomic E-state index is 0.00951. The van der Waals surface area contributed by atoms with E-state index in [2.05, 4.69) is 46.7 Å². The maximum absolute atomic E-state index is 12.7. The minimum Gasteiger partial charge on any atom is -0.495 e. The van der Waals surface area contributed by atoms with Gasteiger partial charge in [-0.25, -0.2) is 9.97 Å². The van der Waals surface area contributed by atoms with Gasteiger partial charge in [0, 0.05) is 39.4 Å². The van der Waals surface area contributed by atoms with Gasteiger partial charge in [-0.2, -0.15) is 47.4 Å². The Bertz CT molecular complexity index is 4680. The Kier molecular flexibility index (Phi) is 17.2. The molecule has 0 aliphatic rings. The number of benzene rings is 5. The molecule has 0 amide bonds. The van der Waals surface area contributed by atoms with E-state index < -0.39 is 99.3 Å². The van der Waals surface area contributed by atoms with Gasteiger partial charge in [-0.1, -0.05) is 23.5 Å². The number of hydrogen-bond acceptors (Lipinski definition) is 26. The minimum atomic E-state index is -5.51. The van der Waals surface area contributed by atoms with Crippen LogP contribution in [0.25, 0.3) is 37.7 Å². The van der Waals surface area contributed by atoms with Crippen LogP contribution in [0.3, 0.4) is 0 Å². The molecule has 30 nitrogen and oxygen atoms in total. The highest BCUT2D eigenvalue weighted by Crippen LogP contribution is 2.48. The molecule has 0 fully saturated rings. The zero-order chi connectivity index (χ0) is 59.9. The van der Waals surface area contributed by atoms with Crippen molar-refractivity contribution in [2.24, 2.45) is 30.7 Å². The first-order chi connectivity index (χ1) is 38.5. The Morgan fingerprint density at radius 1 is 0.671 bits per heavy atom. The molecule has 3 aromatic heterocycles. The Morgan fingerprint density at radius 3 is 1.87 bits per heavy atom. The van der Waals surface area contributed by atoms with Gasteiger partial charge in [0.25, 0.3) is 50.6 Å². The zero-order valence-electron chi connectivity index (χ0n) is 42.2. The number of fused-ring (bicyclic) bond motifs is 6. The number of azo groups is 3. The van der Waals surface area contributed by atoms with Crippen molar-refractivity contribution in [2.45, 2.75) is 39.3 Å². The van der Waals surface area contributed by atoms with Crippen LogP contribution in [0.2, 0.25) is 0 Å². The van der Waals surface area contributed by atoms with Gasteiger partial charge in [0.2, 0.25) is 11.0 Å². The van der Waals surface area contributed by atoms with Crippen molar-refractivity contribution in [2.75, 3.05) is 45.2 Å². The van der Waals surface area contributed by atoms with E-state index in [0.29, 0.717) is 34.5 Å². The Hall–Kier alpha value is -7.61. The molecule has 0 saturated carbocycles. The number of aromatic hydroxyl groups is 1. The van der Waals surface area contributed by atoms with Crippen molar-refractivity contribution in [1.82, 2.24) is 14.4 Å². The standard InChI is InChI=1S/C45H40N10O20S7/c1-22-25(21-46)43-47-26-9-5-6-10-31(26)55(43)44(56)38(22)53-50-28-17-32(72-2)27(18-34(28)75-11-7-13-78(57,58)59)49-52-30-19-33(73-3)29(20-35(30)76-12-8-14-79(60,61)62)51-54-45-48-39-36(80(63,64)65)15-23-24(41(39)77-45)16-37(81(66,67)68)42(40(23)74-4)82(69,70)71/h5-6,9-10,15-20,56H,7-8,11-14H2,1-4H3,(H,57,58,59)(H,60,61,62)(H,63,64,65)(H,66,67,68)(H,69,70,71). The van der Waals surface area contributed by atoms with Gasteiger partial charge in [-0.3, -0.25) is 27.2 Å². The van der Waals surface area contributed by atoms with Crippen molar-refractivity contribution in [3.05, 3.63) is 71.8 Å². The number of nitriles is 1. The van der Waals surface area contributed by atoms with Gasteiger partial charge in [-0.15, -0.1) is 42.4 Å². The van der Waals surface area contributed by atoms with Gasteiger partial charge in [0.1, 0.15) is 72.7 Å². The maximum atomic E-state index is 12.7. The van der Waals surface area contributed by atoms with Crippen LogP contribution in [-0.4, -0.2) is 130 Å². The molecular formula is C45H40N10O20S7. The molecular weight excluding hydrogens is 1230 g/mol. The number of para-hydroxylation sites is 2. The fourth-order valence-electron chi connectivity index (χ4n) is 8.02. The van der Waals surface area contributed by atoms with Crippen LogP contribution in [0.15, 0.2) is 111 Å². The molecule has 0 unspecified atom stereocenters. The average Bonchev–Trinajstić information content (AvgIpc) is 4.20. The van der Waals surface area contributed by atoms with Gasteiger partial charge in [0.05, 0.1) is 55.2 Å². The Morgan fingerprint density at radius 2 is 1.24 bits per heavy atom. The lowest BCUT2D eigenvalue weighted by Gasteiger charge is -2.14. The van der Waals surface area contributed by atoms with E-state index in [1.165, 1.54) is 49.8 Å². The summed E-state index contributed by atoms with van der Waals surface area (Å²) in [7, 11) is -21.6. The molecule has 5 aromatic carbocycles. The van der Waals surface area contributed by atoms with Gasteiger partial charge in [-0.05, 0) is 55.9 Å². The number of ether oxygens (including phenoxy) is 4. The molecule has 0 saturated heterocycles. The Labute approximate surface area is 472 Å². The summed E-state index contributed by atoms with van der Waals surface area (Å²) in [5.74, 6) is -2.78. The highest BCUT2D eigenvalue weighted by molar-refractivity contribution is 7.99. The van der Waals surface area contributed by atoms with Crippen molar-refractivity contribution >= 4 is 145 Å². The fraction of sp³-hybridized carbons (Fsp3) is 0.222. The lowest BCUT2D eigenvalue weighted by molar-refractivity contribution is 0.316. The summed E-state index contributed by atoms with van der Waals surface area (Å²) in [5, 5.41) is 46.3. The number of thioether (sulfide) groups is 1. The lowest BCUT2D eigenvalue weighted by atomic mass is 10.1. The third-order valence-corrected chi connectivity index (χ3v) is 18.1. The summed E-state index contributed by atoms with van der Waals surface area (Å²) in [5.41, 5.74) is 0.612. The number of aromatic nitrogens is 3. The third-order valence-electron chi connectivity index (χ3n) is 11.6. The molecule has 8 rings (SSSR count). The maximum Gasteiger partial charge on any atom is 0.299 e. The molecule has 3 heterocycles. The second-order valence-corrected chi connectivity index (χ2v) is 26.3. The van der Waals surface area contributed by atoms with E-state index >= 15 is 0 Å². The number of thiazole rings is 1. The van der Waals surface area contributed by atoms with E-state index in [-0.39, 0.29) is 108 Å². The predicted molar refractivity (Wildman–Crippen MR) is 294 cm³/mol. The molecule has 0 radical (unpaired) electrons. The lowest BCUT2D eigenvalue weighted by Crippen LogP contribution is -2.11. The largest absolute Gasteiger partial charge is 0.495 e. The molecule has 6 N–H and O–H groups in total. The molecule has 8 aromatic rings. The normalized spacial score (nSPS) is 12.9. The number of rotatable bonds is 22. The summed E-state index contributed by atoms with van der Waals surface area (Å²) in [6.45, 7) is 1.22. The van der Waals surface area contributed by atoms with Crippen LogP contribution >= 0.6 is 23.1 Å². The Balaban J connectivity index is 1.23. The fourth-order valence-corrected chi connectivity index (χ4v) is 13.8. The summed E-state index contributed by atoms with van der Waals surface area (Å²) < 4.78 is 194. The molecule has 432 valence electrons. The van der Waals surface area contributed by atoms with E-state index in [9.17, 15) is 75.2 Å². The second kappa shape index (κ2) is 23.3. The molecule has 0 atom stereocenters. The van der Waals surface area contributed by atoms with E-state index in [1.54, 1.807) is 24.3 Å². The first kappa shape index (κ1) is 60.5. The van der Waals surface area contributed by atoms with Gasteiger partial charge < -0.3 is 24.1 Å². The summed E-state index contributed by atoms with van der Waals surface area (Å²) in [6, 6.07) is 15.5. The van der Waals surface area contributed by atoms with Gasteiger partial charge in [0.15, 0.2) is 16.2 Å². The smallest absolute Gasteiger partial charge is 0.299 e. The highest BCUT2D eigenvalue weighted by Gasteiger charge is 2.33. The molecule has 37 heteroatoms. The number of hydrogen-bond donors (Lipinski definition) is 6. The van der Waals surface area contributed by atoms with Crippen LogP contribution in [0.4, 0.5) is 33.6 Å². The van der Waals surface area contributed by atoms with E-state index in [4.69, 9.17) is 18.9 Å². The van der Waals surface area contributed by atoms with Crippen LogP contribution in [-0.2, 0) is 50.6 Å². The van der Waals surface area contributed by atoms with Crippen LogP contribution in [0.5, 0.6) is 28.9 Å². The summed E-state index contributed by atoms with van der Waals surface area (Å²) in [6.07, 6.45) is -0.288. The van der Waals surface area contributed by atoms with Crippen molar-refractivity contribution in [3.8, 4) is 34.9 Å². The number of imidazole rings is 1. The summed E-state index contributed by atoms with van der Waals surface area (Å²) in [4.78, 5) is 5.14. The van der Waals surface area contributed by atoms with Crippen LogP contribution in [0, 0.1) is 18.3 Å². The molecule has 0 bridgehead atoms. The van der Waals surface area contributed by atoms with Crippen LogP contribution in [0.1, 0.15) is 24.0 Å². The molecule has 0 spiro atoms. The first-order valence-corrected chi connectivity index (χ1v) is 32.1. The molecule has 82 heavy (non-hydrogen) atoms. The number of nitrogens with zero attached hydrogens (tertiary/aromatic N) is 10. The second-order valence-electron chi connectivity index (χ2n) is 16.9. The van der Waals surface area contributed by atoms with Crippen molar-refractivity contribution in [1.29, 1.82) is 5.26 Å². The van der Waals surface area contributed by atoms with Crippen molar-refractivity contribution in [3.63, 3.8) is 0 Å². The third kappa shape index (κ3) is 13.0.